The third kappa shape index (κ3) is 3.47. The molecule has 1 heterocycles. The van der Waals surface area contributed by atoms with Crippen molar-refractivity contribution >= 4 is 17.5 Å². The van der Waals surface area contributed by atoms with E-state index in [9.17, 15) is 0 Å². The van der Waals surface area contributed by atoms with Gasteiger partial charge in [-0.15, -0.1) is 5.10 Å². The van der Waals surface area contributed by atoms with Gasteiger partial charge in [0.2, 0.25) is 5.16 Å². The zero-order chi connectivity index (χ0) is 11.3. The van der Waals surface area contributed by atoms with Gasteiger partial charge in [0.15, 0.2) is 0 Å². The van der Waals surface area contributed by atoms with Gasteiger partial charge in [-0.2, -0.15) is 5.10 Å². The fourth-order valence-electron chi connectivity index (χ4n) is 0.990. The Kier molecular flexibility index (Phi) is 4.48. The molecule has 1 rings (SSSR count). The van der Waals surface area contributed by atoms with Crippen LogP contribution in [-0.4, -0.2) is 31.4 Å². The molecule has 0 amide bonds. The topological polar surface area (TPSA) is 71.3 Å². The molecule has 1 aromatic rings. The predicted molar refractivity (Wildman–Crippen MR) is 59.4 cm³/mol. The summed E-state index contributed by atoms with van der Waals surface area (Å²) in [5, 5.41) is 20.7. The number of aromatic nitrogens is 3. The predicted octanol–water partition coefficient (Wildman–Crippen LogP) is 1.96. The molecule has 1 N–H and O–H groups in total. The van der Waals surface area contributed by atoms with Crippen molar-refractivity contribution in [2.75, 3.05) is 0 Å². The molecule has 0 bridgehead atoms. The molecule has 0 radical (unpaired) electrons. The van der Waals surface area contributed by atoms with Gasteiger partial charge in [-0.25, -0.2) is 4.98 Å². The normalized spacial score (nSPS) is 12.1. The maximum absolute atomic E-state index is 8.75. The summed E-state index contributed by atoms with van der Waals surface area (Å²) in [6.07, 6.45) is 2.11. The molecule has 0 aliphatic heterocycles. The highest BCUT2D eigenvalue weighted by Crippen LogP contribution is 2.17. The number of hydrogen-bond donors (Lipinski definition) is 1. The second-order valence-corrected chi connectivity index (χ2v) is 4.73. The van der Waals surface area contributed by atoms with Crippen LogP contribution in [0.1, 0.15) is 32.9 Å². The Balaban J connectivity index is 2.92. The third-order valence-corrected chi connectivity index (χ3v) is 2.49. The standard InChI is InChI=1S/C9H14N4OS/c1-4-7(13-14)8-5-10-12-9(11-8)15-6(2)3/h5-6,14H,4H2,1-3H3/b13-7-. The lowest BCUT2D eigenvalue weighted by Crippen LogP contribution is -2.06. The molecule has 82 valence electrons. The van der Waals surface area contributed by atoms with Gasteiger partial charge in [0.1, 0.15) is 11.4 Å². The average Bonchev–Trinajstić information content (AvgIpc) is 2.19. The van der Waals surface area contributed by atoms with Gasteiger partial charge in [0.25, 0.3) is 0 Å². The molecule has 0 spiro atoms. The van der Waals surface area contributed by atoms with Crippen molar-refractivity contribution in [3.05, 3.63) is 11.9 Å². The van der Waals surface area contributed by atoms with Crippen molar-refractivity contribution in [1.82, 2.24) is 15.2 Å². The van der Waals surface area contributed by atoms with Gasteiger partial charge in [0, 0.05) is 5.25 Å². The van der Waals surface area contributed by atoms with Crippen LogP contribution in [0.4, 0.5) is 0 Å². The molecular weight excluding hydrogens is 212 g/mol. The Bertz CT molecular complexity index is 354. The Morgan fingerprint density at radius 2 is 2.33 bits per heavy atom. The molecule has 0 aromatic carbocycles. The molecule has 0 saturated carbocycles. The summed E-state index contributed by atoms with van der Waals surface area (Å²) < 4.78 is 0. The van der Waals surface area contributed by atoms with Crippen molar-refractivity contribution < 1.29 is 5.21 Å². The van der Waals surface area contributed by atoms with E-state index in [0.29, 0.717) is 28.2 Å². The Hall–Kier alpha value is -1.17. The van der Waals surface area contributed by atoms with Gasteiger partial charge < -0.3 is 5.21 Å². The van der Waals surface area contributed by atoms with Crippen molar-refractivity contribution in [3.8, 4) is 0 Å². The van der Waals surface area contributed by atoms with Crippen LogP contribution in [0.15, 0.2) is 16.5 Å². The van der Waals surface area contributed by atoms with Crippen molar-refractivity contribution in [1.29, 1.82) is 0 Å². The quantitative estimate of drug-likeness (QED) is 0.368. The minimum atomic E-state index is 0.401. The molecule has 6 heteroatoms. The van der Waals surface area contributed by atoms with E-state index in [4.69, 9.17) is 5.21 Å². The van der Waals surface area contributed by atoms with Crippen molar-refractivity contribution in [2.24, 2.45) is 5.16 Å². The van der Waals surface area contributed by atoms with E-state index in [0.717, 1.165) is 0 Å². The number of thioether (sulfide) groups is 1. The zero-order valence-corrected chi connectivity index (χ0v) is 9.82. The van der Waals surface area contributed by atoms with Crippen LogP contribution in [-0.2, 0) is 0 Å². The molecule has 0 aliphatic carbocycles. The fourth-order valence-corrected chi connectivity index (χ4v) is 1.66. The Morgan fingerprint density at radius 1 is 1.60 bits per heavy atom. The summed E-state index contributed by atoms with van der Waals surface area (Å²) in [5.41, 5.74) is 1.11. The van der Waals surface area contributed by atoms with Crippen LogP contribution in [0, 0.1) is 0 Å². The van der Waals surface area contributed by atoms with E-state index in [1.807, 2.05) is 6.92 Å². The first-order chi connectivity index (χ1) is 7.17. The highest BCUT2D eigenvalue weighted by molar-refractivity contribution is 7.99. The third-order valence-electron chi connectivity index (χ3n) is 1.63. The highest BCUT2D eigenvalue weighted by atomic mass is 32.2. The molecule has 0 aliphatic rings. The number of oxime groups is 1. The Morgan fingerprint density at radius 3 is 2.87 bits per heavy atom. The van der Waals surface area contributed by atoms with Crippen molar-refractivity contribution in [2.45, 2.75) is 37.6 Å². The molecule has 15 heavy (non-hydrogen) atoms. The second kappa shape index (κ2) is 5.65. The molecule has 0 saturated heterocycles. The summed E-state index contributed by atoms with van der Waals surface area (Å²) in [4.78, 5) is 4.25. The zero-order valence-electron chi connectivity index (χ0n) is 9.01. The summed E-state index contributed by atoms with van der Waals surface area (Å²) in [7, 11) is 0. The first-order valence-corrected chi connectivity index (χ1v) is 5.63. The van der Waals surface area contributed by atoms with Gasteiger partial charge in [-0.3, -0.25) is 0 Å². The summed E-state index contributed by atoms with van der Waals surface area (Å²) in [6.45, 7) is 6.01. The maximum atomic E-state index is 8.75. The first kappa shape index (κ1) is 11.9. The van der Waals surface area contributed by atoms with E-state index in [2.05, 4.69) is 34.2 Å². The van der Waals surface area contributed by atoms with Crippen LogP contribution in [0.2, 0.25) is 0 Å². The molecule has 0 unspecified atom stereocenters. The highest BCUT2D eigenvalue weighted by Gasteiger charge is 2.08. The molecular formula is C9H14N4OS. The van der Waals surface area contributed by atoms with Crippen LogP contribution < -0.4 is 0 Å². The van der Waals surface area contributed by atoms with Crippen LogP contribution >= 0.6 is 11.8 Å². The van der Waals surface area contributed by atoms with Gasteiger partial charge in [-0.1, -0.05) is 37.7 Å². The number of rotatable bonds is 4. The van der Waals surface area contributed by atoms with E-state index >= 15 is 0 Å². The lowest BCUT2D eigenvalue weighted by molar-refractivity contribution is 0.318. The van der Waals surface area contributed by atoms with E-state index < -0.39 is 0 Å². The summed E-state index contributed by atoms with van der Waals surface area (Å²) >= 11 is 1.53. The van der Waals surface area contributed by atoms with Crippen molar-refractivity contribution in [3.63, 3.8) is 0 Å². The van der Waals surface area contributed by atoms with Crippen LogP contribution in [0.5, 0.6) is 0 Å². The van der Waals surface area contributed by atoms with Crippen LogP contribution in [0.3, 0.4) is 0 Å². The minimum Gasteiger partial charge on any atom is -0.411 e. The fraction of sp³-hybridized carbons (Fsp3) is 0.556. The van der Waals surface area contributed by atoms with Gasteiger partial charge in [-0.05, 0) is 6.42 Å². The summed E-state index contributed by atoms with van der Waals surface area (Å²) in [6, 6.07) is 0. The van der Waals surface area contributed by atoms with E-state index in [1.165, 1.54) is 18.0 Å². The lowest BCUT2D eigenvalue weighted by Gasteiger charge is -2.04. The number of nitrogens with zero attached hydrogens (tertiary/aromatic N) is 4. The first-order valence-electron chi connectivity index (χ1n) is 4.75. The molecule has 0 fully saturated rings. The van der Waals surface area contributed by atoms with E-state index in [1.54, 1.807) is 0 Å². The molecule has 1 aromatic heterocycles. The molecule has 0 atom stereocenters. The van der Waals surface area contributed by atoms with E-state index in [-0.39, 0.29) is 0 Å². The minimum absolute atomic E-state index is 0.401. The Labute approximate surface area is 93.0 Å². The number of hydrogen-bond acceptors (Lipinski definition) is 6. The largest absolute Gasteiger partial charge is 0.411 e. The van der Waals surface area contributed by atoms with Gasteiger partial charge >= 0.3 is 0 Å². The lowest BCUT2D eigenvalue weighted by atomic mass is 10.2. The summed E-state index contributed by atoms with van der Waals surface area (Å²) in [5.74, 6) is 0. The monoisotopic (exact) mass is 226 g/mol. The molecule has 5 nitrogen and oxygen atoms in total. The van der Waals surface area contributed by atoms with Gasteiger partial charge in [0.05, 0.1) is 6.20 Å². The average molecular weight is 226 g/mol. The van der Waals surface area contributed by atoms with Crippen LogP contribution in [0.25, 0.3) is 0 Å². The second-order valence-electron chi connectivity index (χ2n) is 3.19. The maximum Gasteiger partial charge on any atom is 0.209 e. The smallest absolute Gasteiger partial charge is 0.209 e. The SMILES string of the molecule is CC/C(=N/O)c1cnnc(SC(C)C)n1.